The van der Waals surface area contributed by atoms with Crippen LogP contribution in [-0.4, -0.2) is 74.9 Å². The normalized spacial score (nSPS) is 16.1. The lowest BCUT2D eigenvalue weighted by atomic mass is 9.85. The number of aromatic amines is 1. The molecular weight excluding hydrogens is 760 g/mol. The van der Waals surface area contributed by atoms with Gasteiger partial charge in [0.1, 0.15) is 17.8 Å². The van der Waals surface area contributed by atoms with Crippen molar-refractivity contribution in [1.82, 2.24) is 30.8 Å². The first-order valence-corrected chi connectivity index (χ1v) is 20.8. The summed E-state index contributed by atoms with van der Waals surface area (Å²) in [5, 5.41) is 20.9. The number of aliphatic hydroxyl groups excluding tert-OH is 1. The Morgan fingerprint density at radius 2 is 1.70 bits per heavy atom. The molecule has 1 aliphatic heterocycles. The summed E-state index contributed by atoms with van der Waals surface area (Å²) < 4.78 is 0. The van der Waals surface area contributed by atoms with Crippen LogP contribution in [0.2, 0.25) is 5.02 Å². The highest BCUT2D eigenvalue weighted by Gasteiger charge is 2.44. The molecule has 0 radical (unpaired) electrons. The van der Waals surface area contributed by atoms with Gasteiger partial charge in [-0.3, -0.25) is 19.2 Å². The number of likely N-dealkylation sites (tertiary alicyclic amines) is 1. The van der Waals surface area contributed by atoms with Gasteiger partial charge in [0.2, 0.25) is 17.7 Å². The van der Waals surface area contributed by atoms with Crippen LogP contribution in [0.4, 0.5) is 0 Å². The van der Waals surface area contributed by atoms with Gasteiger partial charge >= 0.3 is 0 Å². The quantitative estimate of drug-likeness (QED) is 0.0694. The number of unbranched alkanes of at least 4 members (excludes halogenated alkanes) is 3. The van der Waals surface area contributed by atoms with E-state index in [9.17, 15) is 24.3 Å². The van der Waals surface area contributed by atoms with Gasteiger partial charge in [0, 0.05) is 54.0 Å². The molecule has 5 aromatic rings. The van der Waals surface area contributed by atoms with E-state index in [1.807, 2.05) is 99.9 Å². The van der Waals surface area contributed by atoms with Crippen LogP contribution in [0.5, 0.6) is 0 Å². The number of nitrogens with one attached hydrogen (secondary N) is 4. The summed E-state index contributed by atoms with van der Waals surface area (Å²) in [5.41, 5.74) is 7.15. The largest absolute Gasteiger partial charge is 0.391 e. The number of amides is 4. The Hall–Kier alpha value is -5.04. The monoisotopic (exact) mass is 810 g/mol. The van der Waals surface area contributed by atoms with E-state index in [-0.39, 0.29) is 49.6 Å². The van der Waals surface area contributed by atoms with Crippen molar-refractivity contribution < 1.29 is 24.3 Å². The number of nitrogens with zero attached hydrogens (tertiary/aromatic N) is 2. The van der Waals surface area contributed by atoms with E-state index in [4.69, 9.17) is 11.6 Å². The number of halogens is 1. The van der Waals surface area contributed by atoms with E-state index in [0.29, 0.717) is 23.7 Å². The summed E-state index contributed by atoms with van der Waals surface area (Å²) in [6.07, 6.45) is 2.44. The third-order valence-electron chi connectivity index (χ3n) is 10.4. The molecule has 3 aromatic carbocycles. The average Bonchev–Trinajstić information content (AvgIpc) is 3.91. The van der Waals surface area contributed by atoms with E-state index in [1.165, 1.54) is 4.90 Å². The van der Waals surface area contributed by atoms with Gasteiger partial charge in [-0.1, -0.05) is 99.8 Å². The molecule has 11 nitrogen and oxygen atoms in total. The number of fused-ring (bicyclic) bond motifs is 1. The van der Waals surface area contributed by atoms with Crippen molar-refractivity contribution in [3.05, 3.63) is 100 Å². The lowest BCUT2D eigenvalue weighted by Gasteiger charge is -2.35. The number of H-pyrrole nitrogens is 1. The van der Waals surface area contributed by atoms with E-state index in [0.717, 1.165) is 63.0 Å². The van der Waals surface area contributed by atoms with Crippen molar-refractivity contribution in [1.29, 1.82) is 0 Å². The highest BCUT2D eigenvalue weighted by Crippen LogP contribution is 2.34. The van der Waals surface area contributed by atoms with Crippen LogP contribution in [0.25, 0.3) is 32.5 Å². The Labute approximate surface area is 342 Å². The first-order chi connectivity index (χ1) is 27.3. The second-order valence-electron chi connectivity index (χ2n) is 15.8. The first-order valence-electron chi connectivity index (χ1n) is 19.5. The predicted molar refractivity (Wildman–Crippen MR) is 226 cm³/mol. The number of β-amino-alcohol motifs (C(OH)–C–C–N with tert-alkyl or cyclic N) is 1. The maximum absolute atomic E-state index is 14.0. The molecule has 5 N–H and O–H groups in total. The summed E-state index contributed by atoms with van der Waals surface area (Å²) in [6.45, 7) is 8.35. The molecule has 3 atom stereocenters. The molecule has 1 aliphatic rings. The molecule has 2 aromatic heterocycles. The molecule has 300 valence electrons. The number of rotatable bonds is 15. The van der Waals surface area contributed by atoms with Gasteiger partial charge in [-0.2, -0.15) is 0 Å². The number of hydrogen-bond donors (Lipinski definition) is 5. The fourth-order valence-electron chi connectivity index (χ4n) is 7.31. The fraction of sp³-hybridized carbons (Fsp3) is 0.386. The number of aromatic nitrogens is 2. The molecule has 3 heterocycles. The number of hydrogen-bond acceptors (Lipinski definition) is 7. The molecular formula is C44H51ClN6O5S. The summed E-state index contributed by atoms with van der Waals surface area (Å²) >= 11 is 7.88. The van der Waals surface area contributed by atoms with Crippen LogP contribution in [0.15, 0.2) is 78.3 Å². The van der Waals surface area contributed by atoms with Crippen LogP contribution in [0, 0.1) is 12.3 Å². The van der Waals surface area contributed by atoms with Gasteiger partial charge in [0.25, 0.3) is 5.91 Å². The molecule has 57 heavy (non-hydrogen) atoms. The van der Waals surface area contributed by atoms with Crippen LogP contribution >= 0.6 is 22.9 Å². The molecule has 0 bridgehead atoms. The first kappa shape index (κ1) is 41.6. The van der Waals surface area contributed by atoms with Crippen molar-refractivity contribution in [3.8, 4) is 21.6 Å². The van der Waals surface area contributed by atoms with Gasteiger partial charge in [-0.15, -0.1) is 11.3 Å². The highest BCUT2D eigenvalue weighted by atomic mass is 35.5. The third kappa shape index (κ3) is 10.3. The molecule has 6 rings (SSSR count). The van der Waals surface area contributed by atoms with Crippen molar-refractivity contribution in [2.45, 2.75) is 91.0 Å². The number of aliphatic hydroxyl groups is 1. The molecule has 0 spiro atoms. The van der Waals surface area contributed by atoms with Crippen LogP contribution in [-0.2, 0) is 20.9 Å². The van der Waals surface area contributed by atoms with Crippen molar-refractivity contribution in [2.24, 2.45) is 5.41 Å². The Kier molecular flexibility index (Phi) is 13.5. The van der Waals surface area contributed by atoms with E-state index < -0.39 is 23.6 Å². The Balaban J connectivity index is 0.957. The van der Waals surface area contributed by atoms with Crippen molar-refractivity contribution in [2.75, 3.05) is 13.1 Å². The minimum Gasteiger partial charge on any atom is -0.391 e. The summed E-state index contributed by atoms with van der Waals surface area (Å²) in [5.74, 6) is -1.18. The molecule has 4 amide bonds. The molecule has 1 saturated heterocycles. The standard InChI is InChI=1S/C44H51ClN6O5S/c1-27-39(57-26-48-27)30-17-15-28(16-18-30)24-47-41(54)35-23-32(52)25-51(35)43(56)40(44(2,3)4)50-36(53)14-10-5-6-11-21-46-42(55)38-37(29-12-8-7-9-13-29)33-22-31(45)19-20-34(33)49-38/h7-9,12-13,15-20,22,26,32,35,40,49,52H,5-6,10-11,14,21,23-25H2,1-4H3,(H,46,55)(H,47,54)(H,50,53)/t32-,35+,40-/m1/s1. The van der Waals surface area contributed by atoms with E-state index in [2.05, 4.69) is 25.9 Å². The Bertz CT molecular complexity index is 2200. The minimum absolute atomic E-state index is 0.0149. The van der Waals surface area contributed by atoms with Gasteiger partial charge < -0.3 is 30.9 Å². The van der Waals surface area contributed by atoms with Crippen LogP contribution in [0.1, 0.15) is 81.0 Å². The van der Waals surface area contributed by atoms with E-state index >= 15 is 0 Å². The third-order valence-corrected chi connectivity index (χ3v) is 11.6. The van der Waals surface area contributed by atoms with Gasteiger partial charge in [0.15, 0.2) is 0 Å². The number of carbonyl (C=O) groups excluding carboxylic acids is 4. The zero-order valence-electron chi connectivity index (χ0n) is 32.9. The van der Waals surface area contributed by atoms with E-state index in [1.54, 1.807) is 17.4 Å². The minimum atomic E-state index is -0.884. The molecule has 0 aliphatic carbocycles. The average molecular weight is 811 g/mol. The lowest BCUT2D eigenvalue weighted by Crippen LogP contribution is -2.57. The second-order valence-corrected chi connectivity index (χ2v) is 17.1. The van der Waals surface area contributed by atoms with Gasteiger partial charge in [-0.05, 0) is 60.1 Å². The summed E-state index contributed by atoms with van der Waals surface area (Å²) in [7, 11) is 0. The van der Waals surface area contributed by atoms with Gasteiger partial charge in [-0.25, -0.2) is 4.98 Å². The zero-order valence-corrected chi connectivity index (χ0v) is 34.4. The van der Waals surface area contributed by atoms with Gasteiger partial charge in [0.05, 0.1) is 22.2 Å². The maximum atomic E-state index is 14.0. The van der Waals surface area contributed by atoms with Crippen LogP contribution in [0.3, 0.4) is 0 Å². The Morgan fingerprint density at radius 3 is 2.40 bits per heavy atom. The summed E-state index contributed by atoms with van der Waals surface area (Å²) in [4.78, 5) is 64.0. The molecule has 13 heteroatoms. The van der Waals surface area contributed by atoms with Crippen molar-refractivity contribution in [3.63, 3.8) is 0 Å². The molecule has 1 fully saturated rings. The predicted octanol–water partition coefficient (Wildman–Crippen LogP) is 7.41. The molecule has 0 saturated carbocycles. The number of thiazole rings is 1. The topological polar surface area (TPSA) is 157 Å². The van der Waals surface area contributed by atoms with Crippen LogP contribution < -0.4 is 16.0 Å². The fourth-order valence-corrected chi connectivity index (χ4v) is 8.29. The number of carbonyl (C=O) groups is 4. The lowest BCUT2D eigenvalue weighted by molar-refractivity contribution is -0.144. The zero-order chi connectivity index (χ0) is 40.7. The summed E-state index contributed by atoms with van der Waals surface area (Å²) in [6, 6.07) is 21.4. The maximum Gasteiger partial charge on any atom is 0.268 e. The second kappa shape index (κ2) is 18.5. The highest BCUT2D eigenvalue weighted by molar-refractivity contribution is 7.13. The smallest absolute Gasteiger partial charge is 0.268 e. The molecule has 0 unspecified atom stereocenters. The number of aryl methyl sites for hydroxylation is 1. The van der Waals surface area contributed by atoms with Crippen molar-refractivity contribution >= 4 is 57.5 Å². The number of benzene rings is 3. The Morgan fingerprint density at radius 1 is 0.965 bits per heavy atom. The SMILES string of the molecule is Cc1ncsc1-c1ccc(CNC(=O)[C@@H]2C[C@@H](O)CN2C(=O)[C@@H](NC(=O)CCCCCCNC(=O)c2[nH]c3ccc(Cl)cc3c2-c2ccccc2)C(C)(C)C)cc1.